The summed E-state index contributed by atoms with van der Waals surface area (Å²) in [4.78, 5) is 20.4. The smallest absolute Gasteiger partial charge is 0.240 e. The first-order valence-corrected chi connectivity index (χ1v) is 8.47. The fourth-order valence-corrected chi connectivity index (χ4v) is 3.11. The van der Waals surface area contributed by atoms with Crippen molar-refractivity contribution < 1.29 is 4.79 Å². The third-order valence-electron chi connectivity index (χ3n) is 3.75. The van der Waals surface area contributed by atoms with Crippen LogP contribution in [0.2, 0.25) is 0 Å². The number of para-hydroxylation sites is 1. The van der Waals surface area contributed by atoms with Gasteiger partial charge in [0.1, 0.15) is 6.54 Å². The van der Waals surface area contributed by atoms with Crippen LogP contribution in [0, 0.1) is 6.92 Å². The SMILES string of the molecule is Cc1c(Br)c2ccccc2n1CC(=O)NCCNc1ncccn1. The van der Waals surface area contributed by atoms with Gasteiger partial charge in [0.05, 0.1) is 0 Å². The summed E-state index contributed by atoms with van der Waals surface area (Å²) in [6, 6.07) is 9.80. The van der Waals surface area contributed by atoms with Gasteiger partial charge in [0, 0.05) is 46.6 Å². The molecular formula is C17H18BrN5O. The lowest BCUT2D eigenvalue weighted by Crippen LogP contribution is -2.32. The first-order valence-electron chi connectivity index (χ1n) is 7.67. The van der Waals surface area contributed by atoms with Crippen molar-refractivity contribution in [2.75, 3.05) is 18.4 Å². The molecule has 6 nitrogen and oxygen atoms in total. The van der Waals surface area contributed by atoms with E-state index >= 15 is 0 Å². The Morgan fingerprint density at radius 1 is 1.17 bits per heavy atom. The van der Waals surface area contributed by atoms with E-state index in [-0.39, 0.29) is 5.91 Å². The zero-order chi connectivity index (χ0) is 16.9. The number of nitrogens with one attached hydrogen (secondary N) is 2. The predicted octanol–water partition coefficient (Wildman–Crippen LogP) is 2.73. The fraction of sp³-hybridized carbons (Fsp3) is 0.235. The highest BCUT2D eigenvalue weighted by Gasteiger charge is 2.13. The molecule has 124 valence electrons. The van der Waals surface area contributed by atoms with Gasteiger partial charge in [-0.15, -0.1) is 0 Å². The highest BCUT2D eigenvalue weighted by Crippen LogP contribution is 2.30. The number of rotatable bonds is 6. The Balaban J connectivity index is 1.57. The molecule has 0 atom stereocenters. The summed E-state index contributed by atoms with van der Waals surface area (Å²) < 4.78 is 3.05. The molecule has 2 N–H and O–H groups in total. The van der Waals surface area contributed by atoms with E-state index in [9.17, 15) is 4.79 Å². The molecule has 3 aromatic rings. The maximum atomic E-state index is 12.2. The number of carbonyl (C=O) groups excluding carboxylic acids is 1. The molecule has 7 heteroatoms. The van der Waals surface area contributed by atoms with E-state index in [1.807, 2.05) is 35.8 Å². The number of amides is 1. The summed E-state index contributed by atoms with van der Waals surface area (Å²) in [5.74, 6) is 0.532. The van der Waals surface area contributed by atoms with Crippen molar-refractivity contribution in [1.82, 2.24) is 19.9 Å². The van der Waals surface area contributed by atoms with Crippen LogP contribution in [0.3, 0.4) is 0 Å². The topological polar surface area (TPSA) is 71.8 Å². The monoisotopic (exact) mass is 387 g/mol. The number of hydrogen-bond donors (Lipinski definition) is 2. The van der Waals surface area contributed by atoms with Gasteiger partial charge in [-0.1, -0.05) is 18.2 Å². The summed E-state index contributed by atoms with van der Waals surface area (Å²) in [5.41, 5.74) is 2.09. The normalized spacial score (nSPS) is 10.8. The van der Waals surface area contributed by atoms with Crippen molar-refractivity contribution in [1.29, 1.82) is 0 Å². The standard InChI is InChI=1S/C17H18BrN5O/c1-12-16(18)13-5-2-3-6-14(13)23(12)11-15(24)19-9-10-22-17-20-7-4-8-21-17/h2-8H,9-11H2,1H3,(H,19,24)(H,20,21,22). The minimum atomic E-state index is -0.0258. The maximum Gasteiger partial charge on any atom is 0.240 e. The van der Waals surface area contributed by atoms with Crippen molar-refractivity contribution in [2.45, 2.75) is 13.5 Å². The van der Waals surface area contributed by atoms with Crippen LogP contribution in [-0.4, -0.2) is 33.5 Å². The summed E-state index contributed by atoms with van der Waals surface area (Å²) in [6.07, 6.45) is 3.34. The van der Waals surface area contributed by atoms with Gasteiger partial charge >= 0.3 is 0 Å². The third kappa shape index (κ3) is 3.56. The van der Waals surface area contributed by atoms with Crippen molar-refractivity contribution in [3.05, 3.63) is 52.9 Å². The summed E-state index contributed by atoms with van der Waals surface area (Å²) >= 11 is 3.60. The van der Waals surface area contributed by atoms with Crippen LogP contribution in [0.25, 0.3) is 10.9 Å². The fourth-order valence-electron chi connectivity index (χ4n) is 2.56. The molecule has 1 aromatic carbocycles. The van der Waals surface area contributed by atoms with E-state index in [4.69, 9.17) is 0 Å². The molecule has 0 saturated carbocycles. The Morgan fingerprint density at radius 2 is 1.92 bits per heavy atom. The number of carbonyl (C=O) groups is 1. The van der Waals surface area contributed by atoms with Crippen molar-refractivity contribution >= 4 is 38.7 Å². The van der Waals surface area contributed by atoms with Crippen molar-refractivity contribution in [2.24, 2.45) is 0 Å². The lowest BCUT2D eigenvalue weighted by atomic mass is 10.2. The minimum absolute atomic E-state index is 0.0258. The summed E-state index contributed by atoms with van der Waals surface area (Å²) in [5, 5.41) is 7.08. The predicted molar refractivity (Wildman–Crippen MR) is 97.9 cm³/mol. The molecule has 0 aliphatic rings. The molecule has 0 unspecified atom stereocenters. The number of fused-ring (bicyclic) bond motifs is 1. The van der Waals surface area contributed by atoms with Gasteiger partial charge in [0.2, 0.25) is 11.9 Å². The minimum Gasteiger partial charge on any atom is -0.353 e. The number of benzene rings is 1. The average molecular weight is 388 g/mol. The van der Waals surface area contributed by atoms with Crippen LogP contribution >= 0.6 is 15.9 Å². The Bertz CT molecular complexity index is 847. The molecule has 2 heterocycles. The van der Waals surface area contributed by atoms with Crippen molar-refractivity contribution in [3.63, 3.8) is 0 Å². The van der Waals surface area contributed by atoms with Gasteiger partial charge in [-0.3, -0.25) is 4.79 Å². The Hall–Kier alpha value is -2.41. The van der Waals surface area contributed by atoms with Crippen molar-refractivity contribution in [3.8, 4) is 0 Å². The first-order chi connectivity index (χ1) is 11.7. The van der Waals surface area contributed by atoms with Gasteiger partial charge in [-0.05, 0) is 35.0 Å². The molecule has 0 spiro atoms. The van der Waals surface area contributed by atoms with E-state index < -0.39 is 0 Å². The van der Waals surface area contributed by atoms with Gasteiger partial charge in [0.25, 0.3) is 0 Å². The van der Waals surface area contributed by atoms with E-state index in [2.05, 4.69) is 36.5 Å². The lowest BCUT2D eigenvalue weighted by molar-refractivity contribution is -0.121. The first kappa shape index (κ1) is 16.4. The number of aromatic nitrogens is 3. The van der Waals surface area contributed by atoms with E-state index in [1.54, 1.807) is 18.5 Å². The Morgan fingerprint density at radius 3 is 2.71 bits per heavy atom. The largest absolute Gasteiger partial charge is 0.353 e. The van der Waals surface area contributed by atoms with E-state index in [1.165, 1.54) is 0 Å². The van der Waals surface area contributed by atoms with Crippen LogP contribution in [0.4, 0.5) is 5.95 Å². The molecule has 2 aromatic heterocycles. The Labute approximate surface area is 148 Å². The van der Waals surface area contributed by atoms with Crippen LogP contribution in [0.15, 0.2) is 47.2 Å². The van der Waals surface area contributed by atoms with E-state index in [0.29, 0.717) is 25.6 Å². The highest BCUT2D eigenvalue weighted by molar-refractivity contribution is 9.10. The molecule has 0 aliphatic heterocycles. The average Bonchev–Trinajstić information content (AvgIpc) is 2.85. The molecule has 3 rings (SSSR count). The van der Waals surface area contributed by atoms with Gasteiger partial charge in [-0.2, -0.15) is 0 Å². The molecule has 0 bridgehead atoms. The maximum absolute atomic E-state index is 12.2. The van der Waals surface area contributed by atoms with Gasteiger partial charge in [0.15, 0.2) is 0 Å². The van der Waals surface area contributed by atoms with Crippen LogP contribution in [-0.2, 0) is 11.3 Å². The van der Waals surface area contributed by atoms with Crippen LogP contribution in [0.5, 0.6) is 0 Å². The third-order valence-corrected chi connectivity index (χ3v) is 4.75. The molecule has 0 radical (unpaired) electrons. The van der Waals surface area contributed by atoms with E-state index in [0.717, 1.165) is 21.1 Å². The highest BCUT2D eigenvalue weighted by atomic mass is 79.9. The van der Waals surface area contributed by atoms with Crippen LogP contribution < -0.4 is 10.6 Å². The number of anilines is 1. The summed E-state index contributed by atoms with van der Waals surface area (Å²) in [6.45, 7) is 3.38. The quantitative estimate of drug-likeness (QED) is 0.637. The molecule has 0 saturated heterocycles. The molecular weight excluding hydrogens is 370 g/mol. The molecule has 24 heavy (non-hydrogen) atoms. The second-order valence-corrected chi connectivity index (χ2v) is 6.14. The summed E-state index contributed by atoms with van der Waals surface area (Å²) in [7, 11) is 0. The molecule has 0 fully saturated rings. The van der Waals surface area contributed by atoms with Gasteiger partial charge in [-0.25, -0.2) is 9.97 Å². The second kappa shape index (κ2) is 7.44. The number of nitrogens with zero attached hydrogens (tertiary/aromatic N) is 3. The van der Waals surface area contributed by atoms with Crippen LogP contribution in [0.1, 0.15) is 5.69 Å². The number of halogens is 1. The van der Waals surface area contributed by atoms with Gasteiger partial charge < -0.3 is 15.2 Å². The zero-order valence-corrected chi connectivity index (χ0v) is 14.9. The number of hydrogen-bond acceptors (Lipinski definition) is 4. The molecule has 0 aliphatic carbocycles. The Kier molecular flexibility index (Phi) is 5.10. The lowest BCUT2D eigenvalue weighted by Gasteiger charge is -2.10. The second-order valence-electron chi connectivity index (χ2n) is 5.35. The zero-order valence-electron chi connectivity index (χ0n) is 13.3. The molecule has 1 amide bonds.